The van der Waals surface area contributed by atoms with E-state index in [-0.39, 0.29) is 23.0 Å². The van der Waals surface area contributed by atoms with E-state index in [9.17, 15) is 22.4 Å². The highest BCUT2D eigenvalue weighted by molar-refractivity contribution is 5.69. The first-order chi connectivity index (χ1) is 17.0. The minimum Gasteiger partial charge on any atom is -0.384 e. The van der Waals surface area contributed by atoms with Gasteiger partial charge in [0.05, 0.1) is 36.1 Å². The lowest BCUT2D eigenvalue weighted by Crippen LogP contribution is -2.38. The Morgan fingerprint density at radius 2 is 1.75 bits per heavy atom. The number of nitrogens with zero attached hydrogens (tertiary/aromatic N) is 4. The van der Waals surface area contributed by atoms with E-state index in [0.717, 1.165) is 18.5 Å². The van der Waals surface area contributed by atoms with Gasteiger partial charge in [0.1, 0.15) is 17.9 Å². The molecule has 36 heavy (non-hydrogen) atoms. The third-order valence-corrected chi connectivity index (χ3v) is 6.32. The van der Waals surface area contributed by atoms with Gasteiger partial charge in [-0.1, -0.05) is 26.0 Å². The summed E-state index contributed by atoms with van der Waals surface area (Å²) < 4.78 is 60.6. The highest BCUT2D eigenvalue weighted by Crippen LogP contribution is 2.41. The number of morpholine rings is 1. The standard InChI is InChI=1S/C25H25F4N5O2/c1-24(2,19(14-35)15-3-5-16(26)6-4-15)21-12-20(32-23(33-21)34-7-9-36-10-8-34)17-13-31-22(30)11-18(17)25(27,28)29/h3-6,11-14,19H,7-10H2,1-2H3,(H2,30,31). The van der Waals surface area contributed by atoms with E-state index in [1.807, 2.05) is 4.90 Å². The Labute approximate surface area is 205 Å². The van der Waals surface area contributed by atoms with Crippen molar-refractivity contribution in [3.8, 4) is 11.3 Å². The Hall–Kier alpha value is -3.60. The molecule has 1 unspecified atom stereocenters. The summed E-state index contributed by atoms with van der Waals surface area (Å²) in [4.78, 5) is 27.0. The van der Waals surface area contributed by atoms with E-state index in [4.69, 9.17) is 10.5 Å². The van der Waals surface area contributed by atoms with Gasteiger partial charge in [0.15, 0.2) is 0 Å². The molecule has 0 saturated carbocycles. The average Bonchev–Trinajstić information content (AvgIpc) is 2.85. The normalized spacial score (nSPS) is 15.6. The van der Waals surface area contributed by atoms with Crippen molar-refractivity contribution in [3.63, 3.8) is 0 Å². The van der Waals surface area contributed by atoms with Crippen LogP contribution in [0.15, 0.2) is 42.6 Å². The smallest absolute Gasteiger partial charge is 0.384 e. The van der Waals surface area contributed by atoms with Gasteiger partial charge in [-0.2, -0.15) is 13.2 Å². The van der Waals surface area contributed by atoms with Crippen LogP contribution in [0.2, 0.25) is 0 Å². The topological polar surface area (TPSA) is 94.2 Å². The van der Waals surface area contributed by atoms with Crippen LogP contribution in [-0.2, 0) is 21.1 Å². The van der Waals surface area contributed by atoms with Crippen molar-refractivity contribution in [3.05, 3.63) is 65.2 Å². The molecule has 1 aliphatic rings. The highest BCUT2D eigenvalue weighted by atomic mass is 19.4. The second kappa shape index (κ2) is 9.81. The largest absolute Gasteiger partial charge is 0.417 e. The molecule has 1 saturated heterocycles. The fourth-order valence-electron chi connectivity index (χ4n) is 4.21. The summed E-state index contributed by atoms with van der Waals surface area (Å²) in [6.07, 6.45) is -2.93. The number of anilines is 2. The summed E-state index contributed by atoms with van der Waals surface area (Å²) in [5, 5.41) is 0. The number of carbonyl (C=O) groups is 1. The molecular weight excluding hydrogens is 478 g/mol. The first-order valence-electron chi connectivity index (χ1n) is 11.3. The molecule has 2 N–H and O–H groups in total. The molecule has 0 aliphatic carbocycles. The number of nitrogens with two attached hydrogens (primary N) is 1. The molecule has 7 nitrogen and oxygen atoms in total. The van der Waals surface area contributed by atoms with Gasteiger partial charge < -0.3 is 20.2 Å². The van der Waals surface area contributed by atoms with Gasteiger partial charge in [-0.05, 0) is 29.8 Å². The van der Waals surface area contributed by atoms with E-state index in [1.54, 1.807) is 13.8 Å². The van der Waals surface area contributed by atoms with Crippen LogP contribution in [-0.4, -0.2) is 47.5 Å². The predicted molar refractivity (Wildman–Crippen MR) is 126 cm³/mol. The maximum atomic E-state index is 13.9. The molecule has 1 aliphatic heterocycles. The van der Waals surface area contributed by atoms with E-state index < -0.39 is 28.9 Å². The first-order valence-corrected chi connectivity index (χ1v) is 11.3. The van der Waals surface area contributed by atoms with E-state index in [0.29, 0.717) is 37.6 Å². The zero-order valence-corrected chi connectivity index (χ0v) is 19.7. The maximum absolute atomic E-state index is 13.9. The van der Waals surface area contributed by atoms with Gasteiger partial charge in [-0.25, -0.2) is 19.3 Å². The van der Waals surface area contributed by atoms with Crippen molar-refractivity contribution >= 4 is 18.1 Å². The van der Waals surface area contributed by atoms with Crippen LogP contribution in [0.4, 0.5) is 29.3 Å². The molecule has 4 rings (SSSR count). The number of carbonyl (C=O) groups excluding carboxylic acids is 1. The summed E-state index contributed by atoms with van der Waals surface area (Å²) in [5.74, 6) is -1.26. The molecule has 1 aromatic carbocycles. The second-order valence-corrected chi connectivity index (χ2v) is 9.08. The SMILES string of the molecule is CC(C)(c1cc(-c2cnc(N)cc2C(F)(F)F)nc(N2CCOCC2)n1)C(C=O)c1ccc(F)cc1. The zero-order valence-electron chi connectivity index (χ0n) is 19.7. The predicted octanol–water partition coefficient (Wildman–Crippen LogP) is 4.38. The number of hydrogen-bond acceptors (Lipinski definition) is 7. The molecule has 3 aromatic rings. The van der Waals surface area contributed by atoms with Crippen molar-refractivity contribution < 1.29 is 27.1 Å². The van der Waals surface area contributed by atoms with E-state index >= 15 is 0 Å². The van der Waals surface area contributed by atoms with E-state index in [1.165, 1.54) is 30.3 Å². The molecule has 0 bridgehead atoms. The van der Waals surface area contributed by atoms with Crippen LogP contribution in [0.25, 0.3) is 11.3 Å². The number of rotatable bonds is 6. The van der Waals surface area contributed by atoms with Crippen LogP contribution in [0.5, 0.6) is 0 Å². The molecule has 1 atom stereocenters. The van der Waals surface area contributed by atoms with Gasteiger partial charge in [-0.15, -0.1) is 0 Å². The van der Waals surface area contributed by atoms with Crippen molar-refractivity contribution in [2.24, 2.45) is 0 Å². The summed E-state index contributed by atoms with van der Waals surface area (Å²) in [5.41, 5.74) is 4.23. The number of aromatic nitrogens is 3. The van der Waals surface area contributed by atoms with Crippen LogP contribution < -0.4 is 10.6 Å². The first kappa shape index (κ1) is 25.5. The van der Waals surface area contributed by atoms with Gasteiger partial charge in [0, 0.05) is 30.3 Å². The number of alkyl halides is 3. The van der Waals surface area contributed by atoms with Crippen molar-refractivity contribution in [2.75, 3.05) is 36.9 Å². The molecule has 11 heteroatoms. The lowest BCUT2D eigenvalue weighted by molar-refractivity contribution is -0.137. The summed E-state index contributed by atoms with van der Waals surface area (Å²) in [6.45, 7) is 5.24. The average molecular weight is 504 g/mol. The molecule has 3 heterocycles. The fourth-order valence-corrected chi connectivity index (χ4v) is 4.21. The Bertz CT molecular complexity index is 1240. The van der Waals surface area contributed by atoms with Gasteiger partial charge in [0.2, 0.25) is 5.95 Å². The Morgan fingerprint density at radius 1 is 1.08 bits per heavy atom. The van der Waals surface area contributed by atoms with Crippen LogP contribution in [0.1, 0.15) is 36.6 Å². The third kappa shape index (κ3) is 5.15. The Kier molecular flexibility index (Phi) is 6.94. The number of nitrogen functional groups attached to an aromatic ring is 1. The Balaban J connectivity index is 1.90. The van der Waals surface area contributed by atoms with Gasteiger partial charge in [-0.3, -0.25) is 0 Å². The number of aldehydes is 1. The Morgan fingerprint density at radius 3 is 2.36 bits per heavy atom. The van der Waals surface area contributed by atoms with Crippen LogP contribution in [0, 0.1) is 5.82 Å². The summed E-state index contributed by atoms with van der Waals surface area (Å²) in [6, 6.07) is 7.72. The molecule has 0 amide bonds. The van der Waals surface area contributed by atoms with E-state index in [2.05, 4.69) is 15.0 Å². The highest BCUT2D eigenvalue weighted by Gasteiger charge is 2.38. The van der Waals surface area contributed by atoms with Crippen molar-refractivity contribution in [2.45, 2.75) is 31.4 Å². The molecule has 2 aromatic heterocycles. The fraction of sp³-hybridized carbons (Fsp3) is 0.360. The van der Waals surface area contributed by atoms with Crippen molar-refractivity contribution in [1.29, 1.82) is 0 Å². The number of benzene rings is 1. The molecule has 0 spiro atoms. The monoisotopic (exact) mass is 503 g/mol. The lowest BCUT2D eigenvalue weighted by atomic mass is 9.73. The summed E-state index contributed by atoms with van der Waals surface area (Å²) in [7, 11) is 0. The molecule has 0 radical (unpaired) electrons. The van der Waals surface area contributed by atoms with Crippen LogP contribution in [0.3, 0.4) is 0 Å². The minimum absolute atomic E-state index is 0.00172. The minimum atomic E-state index is -4.70. The maximum Gasteiger partial charge on any atom is 0.417 e. The number of ether oxygens (including phenoxy) is 1. The summed E-state index contributed by atoms with van der Waals surface area (Å²) >= 11 is 0. The van der Waals surface area contributed by atoms with Crippen molar-refractivity contribution in [1.82, 2.24) is 15.0 Å². The molecular formula is C25H25F4N5O2. The van der Waals surface area contributed by atoms with Gasteiger partial charge in [0.25, 0.3) is 0 Å². The second-order valence-electron chi connectivity index (χ2n) is 9.08. The van der Waals surface area contributed by atoms with Gasteiger partial charge >= 0.3 is 6.18 Å². The molecule has 190 valence electrons. The lowest BCUT2D eigenvalue weighted by Gasteiger charge is -2.33. The number of halogens is 4. The third-order valence-electron chi connectivity index (χ3n) is 6.32. The number of hydrogen-bond donors (Lipinski definition) is 1. The molecule has 1 fully saturated rings. The van der Waals surface area contributed by atoms with Crippen LogP contribution >= 0.6 is 0 Å². The zero-order chi connectivity index (χ0) is 26.1. The quantitative estimate of drug-likeness (QED) is 0.394. The number of pyridine rings is 1.